The van der Waals surface area contributed by atoms with E-state index in [1.54, 1.807) is 0 Å². The molecule has 1 unspecified atom stereocenters. The summed E-state index contributed by atoms with van der Waals surface area (Å²) in [5.41, 5.74) is 1.25. The predicted octanol–water partition coefficient (Wildman–Crippen LogP) is 3.44. The first-order valence-corrected chi connectivity index (χ1v) is 8.05. The number of ether oxygens (including phenoxy) is 1. The minimum Gasteiger partial charge on any atom is -0.491 e. The third-order valence-corrected chi connectivity index (χ3v) is 3.80. The van der Waals surface area contributed by atoms with E-state index in [1.165, 1.54) is 24.9 Å². The van der Waals surface area contributed by atoms with Crippen LogP contribution in [0.1, 0.15) is 39.5 Å². The summed E-state index contributed by atoms with van der Waals surface area (Å²) >= 11 is 0. The second-order valence-electron chi connectivity index (χ2n) is 5.56. The molecule has 1 aliphatic heterocycles. The normalized spacial score (nSPS) is 16.2. The van der Waals surface area contributed by atoms with Crippen molar-refractivity contribution >= 4 is 5.69 Å². The Balaban J connectivity index is 2.06. The summed E-state index contributed by atoms with van der Waals surface area (Å²) in [6.45, 7) is 8.59. The lowest BCUT2D eigenvalue weighted by molar-refractivity contribution is 0.322. The molecule has 0 fully saturated rings. The van der Waals surface area contributed by atoms with Gasteiger partial charge in [0.2, 0.25) is 0 Å². The monoisotopic (exact) mass is 276 g/mol. The zero-order valence-electron chi connectivity index (χ0n) is 12.9. The van der Waals surface area contributed by atoms with Gasteiger partial charge in [0.25, 0.3) is 0 Å². The minimum atomic E-state index is 0.575. The van der Waals surface area contributed by atoms with Gasteiger partial charge >= 0.3 is 0 Å². The molecule has 1 aromatic carbocycles. The van der Waals surface area contributed by atoms with Crippen molar-refractivity contribution in [2.75, 3.05) is 31.1 Å². The average Bonchev–Trinajstić information content (AvgIpc) is 2.68. The molecule has 3 heteroatoms. The van der Waals surface area contributed by atoms with Gasteiger partial charge in [0.1, 0.15) is 5.75 Å². The largest absolute Gasteiger partial charge is 0.491 e. The van der Waals surface area contributed by atoms with E-state index in [2.05, 4.69) is 48.3 Å². The Morgan fingerprint density at radius 1 is 1.25 bits per heavy atom. The summed E-state index contributed by atoms with van der Waals surface area (Å²) in [6, 6.07) is 9.01. The first-order chi connectivity index (χ1) is 9.85. The van der Waals surface area contributed by atoms with Crippen LogP contribution >= 0.6 is 0 Å². The van der Waals surface area contributed by atoms with Crippen LogP contribution in [0.2, 0.25) is 0 Å². The zero-order valence-corrected chi connectivity index (χ0v) is 12.9. The van der Waals surface area contributed by atoms with Crippen LogP contribution in [0.15, 0.2) is 24.3 Å². The number of hydrogen-bond acceptors (Lipinski definition) is 3. The van der Waals surface area contributed by atoms with Crippen LogP contribution in [0, 0.1) is 0 Å². The van der Waals surface area contributed by atoms with Crippen LogP contribution in [-0.4, -0.2) is 32.3 Å². The van der Waals surface area contributed by atoms with Crippen LogP contribution < -0.4 is 15.0 Å². The molecule has 0 amide bonds. The molecular formula is C17H28N2O. The molecule has 1 aromatic rings. The van der Waals surface area contributed by atoms with Crippen molar-refractivity contribution in [1.82, 2.24) is 5.32 Å². The number of nitrogens with one attached hydrogen (secondary N) is 1. The summed E-state index contributed by atoms with van der Waals surface area (Å²) in [5, 5.41) is 3.69. The Kier molecular flexibility index (Phi) is 6.19. The van der Waals surface area contributed by atoms with E-state index in [-0.39, 0.29) is 0 Å². The molecule has 2 rings (SSSR count). The molecule has 0 aliphatic carbocycles. The lowest BCUT2D eigenvalue weighted by atomic mass is 10.1. The number of para-hydroxylation sites is 2. The average molecular weight is 276 g/mol. The molecule has 0 saturated carbocycles. The molecule has 1 aliphatic rings. The maximum atomic E-state index is 5.84. The standard InChI is InChI=1S/C17H28N2O/c1-3-8-15(18-11-4-2)14-19-12-7-13-20-17-10-6-5-9-16(17)19/h5-6,9-10,15,18H,3-4,7-8,11-14H2,1-2H3. The fraction of sp³-hybridized carbons (Fsp3) is 0.647. The highest BCUT2D eigenvalue weighted by Gasteiger charge is 2.19. The van der Waals surface area contributed by atoms with E-state index in [4.69, 9.17) is 4.74 Å². The summed E-state index contributed by atoms with van der Waals surface area (Å²) in [7, 11) is 0. The van der Waals surface area contributed by atoms with E-state index in [0.29, 0.717) is 6.04 Å². The molecule has 0 spiro atoms. The summed E-state index contributed by atoms with van der Waals surface area (Å²) < 4.78 is 5.84. The maximum absolute atomic E-state index is 5.84. The van der Waals surface area contributed by atoms with Gasteiger partial charge in [-0.25, -0.2) is 0 Å². The van der Waals surface area contributed by atoms with Crippen molar-refractivity contribution < 1.29 is 4.74 Å². The number of nitrogens with zero attached hydrogens (tertiary/aromatic N) is 1. The number of benzene rings is 1. The molecular weight excluding hydrogens is 248 g/mol. The lowest BCUT2D eigenvalue weighted by Gasteiger charge is -2.29. The highest BCUT2D eigenvalue weighted by Crippen LogP contribution is 2.30. The van der Waals surface area contributed by atoms with Gasteiger partial charge in [0.05, 0.1) is 12.3 Å². The summed E-state index contributed by atoms with van der Waals surface area (Å²) in [4.78, 5) is 2.49. The van der Waals surface area contributed by atoms with Crippen molar-refractivity contribution in [1.29, 1.82) is 0 Å². The molecule has 1 atom stereocenters. The van der Waals surface area contributed by atoms with Crippen LogP contribution in [0.4, 0.5) is 5.69 Å². The van der Waals surface area contributed by atoms with E-state index in [1.807, 2.05) is 0 Å². The predicted molar refractivity (Wildman–Crippen MR) is 85.8 cm³/mol. The molecule has 1 N–H and O–H groups in total. The van der Waals surface area contributed by atoms with Gasteiger partial charge in [-0.1, -0.05) is 32.4 Å². The Bertz CT molecular complexity index is 394. The van der Waals surface area contributed by atoms with Crippen LogP contribution in [0.3, 0.4) is 0 Å². The Morgan fingerprint density at radius 3 is 2.90 bits per heavy atom. The molecule has 3 nitrogen and oxygen atoms in total. The SMILES string of the molecule is CCCNC(CCC)CN1CCCOc2ccccc21. The fourth-order valence-electron chi connectivity index (χ4n) is 2.81. The third-order valence-electron chi connectivity index (χ3n) is 3.80. The van der Waals surface area contributed by atoms with Crippen molar-refractivity contribution in [2.45, 2.75) is 45.6 Å². The molecule has 112 valence electrons. The van der Waals surface area contributed by atoms with Gasteiger partial charge in [-0.05, 0) is 37.9 Å². The Labute approximate surface area is 123 Å². The van der Waals surface area contributed by atoms with Crippen molar-refractivity contribution in [3.8, 4) is 5.75 Å². The van der Waals surface area contributed by atoms with Crippen LogP contribution in [0.5, 0.6) is 5.75 Å². The van der Waals surface area contributed by atoms with Gasteiger partial charge in [-0.3, -0.25) is 0 Å². The molecule has 0 aromatic heterocycles. The highest BCUT2D eigenvalue weighted by atomic mass is 16.5. The van der Waals surface area contributed by atoms with Gasteiger partial charge < -0.3 is 15.0 Å². The minimum absolute atomic E-state index is 0.575. The number of rotatable bonds is 7. The second kappa shape index (κ2) is 8.15. The molecule has 0 saturated heterocycles. The third kappa shape index (κ3) is 4.14. The number of hydrogen-bond donors (Lipinski definition) is 1. The molecule has 0 radical (unpaired) electrons. The lowest BCUT2D eigenvalue weighted by Crippen LogP contribution is -2.41. The summed E-state index contributed by atoms with van der Waals surface area (Å²) in [6.07, 6.45) is 4.76. The van der Waals surface area contributed by atoms with Crippen molar-refractivity contribution in [2.24, 2.45) is 0 Å². The van der Waals surface area contributed by atoms with Crippen LogP contribution in [-0.2, 0) is 0 Å². The van der Waals surface area contributed by atoms with E-state index < -0.39 is 0 Å². The number of fused-ring (bicyclic) bond motifs is 1. The highest BCUT2D eigenvalue weighted by molar-refractivity contribution is 5.59. The van der Waals surface area contributed by atoms with E-state index >= 15 is 0 Å². The fourth-order valence-corrected chi connectivity index (χ4v) is 2.81. The zero-order chi connectivity index (χ0) is 14.2. The van der Waals surface area contributed by atoms with Gasteiger partial charge in [0, 0.05) is 19.1 Å². The topological polar surface area (TPSA) is 24.5 Å². The summed E-state index contributed by atoms with van der Waals surface area (Å²) in [5.74, 6) is 1.04. The van der Waals surface area contributed by atoms with Crippen molar-refractivity contribution in [3.05, 3.63) is 24.3 Å². The van der Waals surface area contributed by atoms with Gasteiger partial charge in [0.15, 0.2) is 0 Å². The molecule has 20 heavy (non-hydrogen) atoms. The Morgan fingerprint density at radius 2 is 2.10 bits per heavy atom. The molecule has 0 bridgehead atoms. The van der Waals surface area contributed by atoms with Gasteiger partial charge in [-0.15, -0.1) is 0 Å². The second-order valence-corrected chi connectivity index (χ2v) is 5.56. The maximum Gasteiger partial charge on any atom is 0.142 e. The number of anilines is 1. The van der Waals surface area contributed by atoms with E-state index in [9.17, 15) is 0 Å². The van der Waals surface area contributed by atoms with Crippen molar-refractivity contribution in [3.63, 3.8) is 0 Å². The van der Waals surface area contributed by atoms with Crippen LogP contribution in [0.25, 0.3) is 0 Å². The van der Waals surface area contributed by atoms with Gasteiger partial charge in [-0.2, -0.15) is 0 Å². The smallest absolute Gasteiger partial charge is 0.142 e. The quantitative estimate of drug-likeness (QED) is 0.825. The van der Waals surface area contributed by atoms with E-state index in [0.717, 1.165) is 38.4 Å². The molecule has 1 heterocycles. The Hall–Kier alpha value is -1.22. The first kappa shape index (κ1) is 15.2. The first-order valence-electron chi connectivity index (χ1n) is 8.05.